The average molecular weight is 466 g/mol. The van der Waals surface area contributed by atoms with Crippen LogP contribution in [0, 0.1) is 18.8 Å². The Morgan fingerprint density at radius 2 is 2.09 bits per heavy atom. The smallest absolute Gasteiger partial charge is 0.405 e. The summed E-state index contributed by atoms with van der Waals surface area (Å²) in [6, 6.07) is 1.74. The lowest BCUT2D eigenvalue weighted by Gasteiger charge is -2.21. The number of aromatic nitrogens is 4. The van der Waals surface area contributed by atoms with E-state index in [-0.39, 0.29) is 36.5 Å². The third kappa shape index (κ3) is 5.60. The summed E-state index contributed by atoms with van der Waals surface area (Å²) in [5.41, 5.74) is 5.59. The zero-order chi connectivity index (χ0) is 23.8. The fourth-order valence-electron chi connectivity index (χ4n) is 4.94. The second-order valence-electron chi connectivity index (χ2n) is 8.94. The van der Waals surface area contributed by atoms with Gasteiger partial charge in [0.05, 0.1) is 24.2 Å². The molecule has 2 amide bonds. The second-order valence-corrected chi connectivity index (χ2v) is 8.94. The number of aromatic amines is 1. The lowest BCUT2D eigenvalue weighted by atomic mass is 9.95. The van der Waals surface area contributed by atoms with Crippen LogP contribution in [-0.4, -0.2) is 43.9 Å². The number of carbonyl (C=O) groups is 2. The Labute approximate surface area is 187 Å². The number of H-pyrrole nitrogens is 1. The predicted octanol–water partition coefficient (Wildman–Crippen LogP) is 3.38. The van der Waals surface area contributed by atoms with Gasteiger partial charge in [-0.3, -0.25) is 19.9 Å². The zero-order valence-electron chi connectivity index (χ0n) is 18.0. The molecule has 2 fully saturated rings. The summed E-state index contributed by atoms with van der Waals surface area (Å²) in [6.45, 7) is 1.81. The minimum atomic E-state index is -4.44. The van der Waals surface area contributed by atoms with E-state index in [1.165, 1.54) is 0 Å². The number of nitrogens with two attached hydrogens (primary N) is 1. The summed E-state index contributed by atoms with van der Waals surface area (Å²) in [5, 5.41) is 9.76. The van der Waals surface area contributed by atoms with Gasteiger partial charge in [-0.1, -0.05) is 0 Å². The van der Waals surface area contributed by atoms with Crippen LogP contribution in [0.4, 0.5) is 23.8 Å². The molecule has 0 aliphatic heterocycles. The van der Waals surface area contributed by atoms with Crippen LogP contribution < -0.4 is 11.1 Å². The van der Waals surface area contributed by atoms with Crippen LogP contribution in [0.2, 0.25) is 0 Å². The van der Waals surface area contributed by atoms with E-state index in [4.69, 9.17) is 10.5 Å². The number of hydrogen-bond acceptors (Lipinski definition) is 6. The number of hydrogen-bond donors (Lipinski definition) is 3. The van der Waals surface area contributed by atoms with Gasteiger partial charge in [-0.25, -0.2) is 4.79 Å². The van der Waals surface area contributed by atoms with Crippen molar-refractivity contribution in [2.75, 3.05) is 5.32 Å². The lowest BCUT2D eigenvalue weighted by Crippen LogP contribution is -2.32. The summed E-state index contributed by atoms with van der Waals surface area (Å²) in [7, 11) is 0. The quantitative estimate of drug-likeness (QED) is 0.572. The van der Waals surface area contributed by atoms with Gasteiger partial charge in [0.2, 0.25) is 5.91 Å². The molecule has 0 saturated heterocycles. The lowest BCUT2D eigenvalue weighted by molar-refractivity contribution is -0.160. The molecule has 0 aromatic carbocycles. The van der Waals surface area contributed by atoms with Gasteiger partial charge in [-0.15, -0.1) is 0 Å². The first kappa shape index (κ1) is 23.0. The Balaban J connectivity index is 1.33. The molecule has 0 bridgehead atoms. The summed E-state index contributed by atoms with van der Waals surface area (Å²) in [5.74, 6) is -0.233. The molecule has 4 rings (SSSR count). The highest BCUT2D eigenvalue weighted by atomic mass is 19.4. The van der Waals surface area contributed by atoms with Gasteiger partial charge >= 0.3 is 12.3 Å². The van der Waals surface area contributed by atoms with E-state index in [0.29, 0.717) is 24.4 Å². The van der Waals surface area contributed by atoms with E-state index >= 15 is 0 Å². The molecule has 9 nitrogen and oxygen atoms in total. The summed E-state index contributed by atoms with van der Waals surface area (Å²) < 4.78 is 44.0. The molecule has 2 aliphatic rings. The molecule has 2 aliphatic carbocycles. The number of aryl methyl sites for hydroxylation is 1. The van der Waals surface area contributed by atoms with Crippen LogP contribution in [0.3, 0.4) is 0 Å². The molecule has 2 aromatic heterocycles. The number of nitrogens with zero attached hydrogens (tertiary/aromatic N) is 3. The first-order chi connectivity index (χ1) is 15.5. The van der Waals surface area contributed by atoms with Gasteiger partial charge in [0, 0.05) is 36.0 Å². The highest BCUT2D eigenvalue weighted by Crippen LogP contribution is 2.61. The Morgan fingerprint density at radius 3 is 2.76 bits per heavy atom. The molecule has 2 unspecified atom stereocenters. The molecular weight excluding hydrogens is 441 g/mol. The Bertz CT molecular complexity index is 1020. The minimum Gasteiger partial charge on any atom is -0.442 e. The van der Waals surface area contributed by atoms with Crippen molar-refractivity contribution in [3.05, 3.63) is 35.5 Å². The molecule has 4 N–H and O–H groups in total. The Kier molecular flexibility index (Phi) is 6.02. The first-order valence-corrected chi connectivity index (χ1v) is 10.7. The van der Waals surface area contributed by atoms with Crippen LogP contribution in [-0.2, 0) is 16.0 Å². The molecule has 12 heteroatoms. The van der Waals surface area contributed by atoms with Crippen molar-refractivity contribution in [3.63, 3.8) is 0 Å². The van der Waals surface area contributed by atoms with Crippen molar-refractivity contribution in [1.82, 2.24) is 20.2 Å². The topological polar surface area (TPSA) is 136 Å². The van der Waals surface area contributed by atoms with E-state index in [9.17, 15) is 22.8 Å². The van der Waals surface area contributed by atoms with E-state index in [2.05, 4.69) is 25.5 Å². The minimum absolute atomic E-state index is 0.0156. The second kappa shape index (κ2) is 8.64. The summed E-state index contributed by atoms with van der Waals surface area (Å²) >= 11 is 0. The van der Waals surface area contributed by atoms with Crippen molar-refractivity contribution in [3.8, 4) is 0 Å². The zero-order valence-corrected chi connectivity index (χ0v) is 18.0. The molecule has 178 valence electrons. The molecule has 2 saturated carbocycles. The van der Waals surface area contributed by atoms with E-state index in [1.54, 1.807) is 25.4 Å². The molecule has 0 radical (unpaired) electrons. The Morgan fingerprint density at radius 1 is 1.30 bits per heavy atom. The fourth-order valence-corrected chi connectivity index (χ4v) is 4.94. The molecule has 4 atom stereocenters. The fraction of sp³-hybridized carbons (Fsp3) is 0.571. The maximum absolute atomic E-state index is 13.0. The molecular formula is C21H25F3N6O3. The standard InChI is InChI=1S/C21H25F3N6O3/c1-11-8-27-14(9-26-11)5-18(31)28-17-6-16(29-30-17)13-3-2-12(4-13)15-7-20(15,33-19(25)32)10-21(22,23)24/h6,8-9,12-13,15H,2-5,7,10H2,1H3,(H2,25,32)(H2,28,29,30,31)/t12-,13+,15?,20?/m1/s1. The van der Waals surface area contributed by atoms with Gasteiger partial charge in [0.1, 0.15) is 5.60 Å². The van der Waals surface area contributed by atoms with Gasteiger partial charge in [0.25, 0.3) is 0 Å². The number of ether oxygens (including phenoxy) is 1. The van der Waals surface area contributed by atoms with Crippen LogP contribution in [0.25, 0.3) is 0 Å². The number of primary amides is 1. The monoisotopic (exact) mass is 466 g/mol. The maximum Gasteiger partial charge on any atom is 0.405 e. The van der Waals surface area contributed by atoms with Crippen LogP contribution in [0.1, 0.15) is 55.1 Å². The molecule has 0 spiro atoms. The van der Waals surface area contributed by atoms with Gasteiger partial charge in [0.15, 0.2) is 5.82 Å². The average Bonchev–Trinajstić information content (AvgIpc) is 3.08. The number of halogens is 3. The number of alkyl halides is 3. The van der Waals surface area contributed by atoms with Gasteiger partial charge in [-0.05, 0) is 38.5 Å². The number of anilines is 1. The highest BCUT2D eigenvalue weighted by Gasteiger charge is 2.65. The number of nitrogens with one attached hydrogen (secondary N) is 2. The van der Waals surface area contributed by atoms with Crippen molar-refractivity contribution >= 4 is 17.8 Å². The van der Waals surface area contributed by atoms with Gasteiger partial charge in [-0.2, -0.15) is 18.3 Å². The van der Waals surface area contributed by atoms with E-state index in [1.807, 2.05) is 0 Å². The van der Waals surface area contributed by atoms with Gasteiger partial charge < -0.3 is 15.8 Å². The van der Waals surface area contributed by atoms with Crippen molar-refractivity contribution < 1.29 is 27.5 Å². The van der Waals surface area contributed by atoms with Crippen molar-refractivity contribution in [2.45, 2.75) is 63.1 Å². The first-order valence-electron chi connectivity index (χ1n) is 10.7. The molecule has 2 aromatic rings. The number of amides is 2. The van der Waals surface area contributed by atoms with Crippen molar-refractivity contribution in [2.24, 2.45) is 17.6 Å². The molecule has 33 heavy (non-hydrogen) atoms. The van der Waals surface area contributed by atoms with Crippen LogP contribution in [0.5, 0.6) is 0 Å². The summed E-state index contributed by atoms with van der Waals surface area (Å²) in [6.07, 6.45) is -1.33. The number of carbonyl (C=O) groups excluding carboxylic acids is 2. The maximum atomic E-state index is 13.0. The normalized spacial score (nSPS) is 26.7. The van der Waals surface area contributed by atoms with E-state index < -0.39 is 24.3 Å². The third-order valence-corrected chi connectivity index (χ3v) is 6.41. The third-order valence-electron chi connectivity index (χ3n) is 6.41. The van der Waals surface area contributed by atoms with E-state index in [0.717, 1.165) is 17.8 Å². The Hall–Kier alpha value is -3.18. The van der Waals surface area contributed by atoms with Crippen molar-refractivity contribution in [1.29, 1.82) is 0 Å². The summed E-state index contributed by atoms with van der Waals surface area (Å²) in [4.78, 5) is 31.7. The SMILES string of the molecule is Cc1cnc(CC(=O)Nc2cc([C@H]3CC[C@@H](C4CC4(CC(F)(F)F)OC(N)=O)C3)[nH]n2)cn1. The molecule has 2 heterocycles. The number of rotatable bonds is 7. The van der Waals surface area contributed by atoms with Crippen LogP contribution >= 0.6 is 0 Å². The van der Waals surface area contributed by atoms with Crippen LogP contribution in [0.15, 0.2) is 18.5 Å². The highest BCUT2D eigenvalue weighted by molar-refractivity contribution is 5.91. The largest absolute Gasteiger partial charge is 0.442 e. The predicted molar refractivity (Wildman–Crippen MR) is 110 cm³/mol.